The number of nitrogens with one attached hydrogen (secondary N) is 2. The van der Waals surface area contributed by atoms with Gasteiger partial charge in [-0.15, -0.1) is 0 Å². The molecule has 6 nitrogen and oxygen atoms in total. The molecule has 33 heavy (non-hydrogen) atoms. The minimum atomic E-state index is -1.53. The molecule has 3 N–H and O–H groups in total. The summed E-state index contributed by atoms with van der Waals surface area (Å²) in [4.78, 5) is 12.5. The molecule has 1 aliphatic carbocycles. The van der Waals surface area contributed by atoms with Gasteiger partial charge in [0.05, 0.1) is 16.6 Å². The van der Waals surface area contributed by atoms with Gasteiger partial charge >= 0.3 is 0 Å². The van der Waals surface area contributed by atoms with E-state index in [2.05, 4.69) is 10.0 Å². The van der Waals surface area contributed by atoms with Gasteiger partial charge < -0.3 is 15.1 Å². The van der Waals surface area contributed by atoms with Gasteiger partial charge in [0.15, 0.2) is 11.6 Å². The first-order valence-corrected chi connectivity index (χ1v) is 11.8. The number of aromatic hydroxyl groups is 1. The largest absolute Gasteiger partial charge is 0.505 e. The van der Waals surface area contributed by atoms with Crippen molar-refractivity contribution in [2.24, 2.45) is 7.05 Å². The molecule has 3 atom stereocenters. The van der Waals surface area contributed by atoms with Crippen molar-refractivity contribution in [2.45, 2.75) is 37.9 Å². The Hall–Kier alpha value is -3.20. The Kier molecular flexibility index (Phi) is 6.25. The molecule has 174 valence electrons. The van der Waals surface area contributed by atoms with Gasteiger partial charge in [0.1, 0.15) is 22.6 Å². The smallest absolute Gasteiger partial charge is 0.254 e. The van der Waals surface area contributed by atoms with Crippen LogP contribution in [0.3, 0.4) is 0 Å². The molecule has 9 heteroatoms. The Labute approximate surface area is 192 Å². The fraction of sp³-hybridized carbons (Fsp3) is 0.292. The quantitative estimate of drug-likeness (QED) is 0.468. The van der Waals surface area contributed by atoms with Crippen LogP contribution in [0.4, 0.5) is 26.0 Å². The van der Waals surface area contributed by atoms with Gasteiger partial charge in [-0.05, 0) is 61.2 Å². The van der Waals surface area contributed by atoms with E-state index in [9.17, 15) is 22.9 Å². The third kappa shape index (κ3) is 4.64. The van der Waals surface area contributed by atoms with Crippen molar-refractivity contribution in [3.63, 3.8) is 0 Å². The second-order valence-electron chi connectivity index (χ2n) is 8.24. The van der Waals surface area contributed by atoms with E-state index in [-0.39, 0.29) is 22.4 Å². The van der Waals surface area contributed by atoms with Gasteiger partial charge in [-0.25, -0.2) is 13.0 Å². The van der Waals surface area contributed by atoms with Crippen LogP contribution in [0.2, 0.25) is 0 Å². The van der Waals surface area contributed by atoms with Crippen LogP contribution in [0.5, 0.6) is 5.75 Å². The van der Waals surface area contributed by atoms with Crippen molar-refractivity contribution < 1.29 is 18.1 Å². The second-order valence-corrected chi connectivity index (χ2v) is 9.64. The van der Waals surface area contributed by atoms with E-state index in [0.717, 1.165) is 5.56 Å². The van der Waals surface area contributed by atoms with Gasteiger partial charge in [-0.1, -0.05) is 19.1 Å². The van der Waals surface area contributed by atoms with Crippen LogP contribution in [0, 0.1) is 18.6 Å². The molecule has 1 aromatic heterocycles. The minimum absolute atomic E-state index is 0.0890. The molecule has 1 fully saturated rings. The molecule has 2 aromatic carbocycles. The van der Waals surface area contributed by atoms with Crippen molar-refractivity contribution in [1.29, 1.82) is 0 Å². The molecule has 0 radical (unpaired) electrons. The van der Waals surface area contributed by atoms with Gasteiger partial charge in [-0.3, -0.25) is 9.36 Å². The molecular formula is C24H25F2N3O3S. The number of phenols is 1. The number of hydrogen-bond acceptors (Lipinski definition) is 4. The number of benzene rings is 2. The van der Waals surface area contributed by atoms with Crippen LogP contribution in [0.15, 0.2) is 47.3 Å². The lowest BCUT2D eigenvalue weighted by Gasteiger charge is -2.18. The Morgan fingerprint density at radius 3 is 2.55 bits per heavy atom. The van der Waals surface area contributed by atoms with E-state index in [0.29, 0.717) is 35.5 Å². The number of halogens is 2. The highest BCUT2D eigenvalue weighted by molar-refractivity contribution is 7.87. The van der Waals surface area contributed by atoms with Crippen molar-refractivity contribution >= 4 is 28.2 Å². The highest BCUT2D eigenvalue weighted by atomic mass is 32.2. The Balaban J connectivity index is 1.59. The maximum absolute atomic E-state index is 14.6. The lowest BCUT2D eigenvalue weighted by molar-refractivity contribution is 0.431. The molecule has 3 aromatic rings. The predicted octanol–water partition coefficient (Wildman–Crippen LogP) is 4.62. The molecule has 0 saturated heterocycles. The monoisotopic (exact) mass is 473 g/mol. The Morgan fingerprint density at radius 2 is 1.88 bits per heavy atom. The number of nitrogens with zero attached hydrogens (tertiary/aromatic N) is 1. The molecule has 3 unspecified atom stereocenters. The maximum atomic E-state index is 14.6. The molecule has 1 aliphatic rings. The average Bonchev–Trinajstić information content (AvgIpc) is 3.59. The molecule has 0 bridgehead atoms. The van der Waals surface area contributed by atoms with Crippen LogP contribution < -0.4 is 15.6 Å². The fourth-order valence-corrected chi connectivity index (χ4v) is 5.19. The van der Waals surface area contributed by atoms with E-state index >= 15 is 0 Å². The van der Waals surface area contributed by atoms with Gasteiger partial charge in [-0.2, -0.15) is 0 Å². The van der Waals surface area contributed by atoms with Crippen LogP contribution in [0.25, 0.3) is 0 Å². The third-order valence-electron chi connectivity index (χ3n) is 5.90. The highest BCUT2D eigenvalue weighted by Crippen LogP contribution is 2.46. The van der Waals surface area contributed by atoms with Crippen molar-refractivity contribution in [1.82, 2.24) is 4.57 Å². The topological polar surface area (TPSA) is 83.4 Å². The summed E-state index contributed by atoms with van der Waals surface area (Å²) in [6.45, 7) is 3.58. The van der Waals surface area contributed by atoms with Crippen molar-refractivity contribution in [3.8, 4) is 5.75 Å². The summed E-state index contributed by atoms with van der Waals surface area (Å²) in [5.41, 5.74) is 2.35. The third-order valence-corrected chi connectivity index (χ3v) is 7.40. The van der Waals surface area contributed by atoms with Crippen molar-refractivity contribution in [3.05, 3.63) is 81.1 Å². The molecule has 0 amide bonds. The molecule has 4 rings (SSSR count). The van der Waals surface area contributed by atoms with E-state index in [4.69, 9.17) is 0 Å². The summed E-state index contributed by atoms with van der Waals surface area (Å²) in [5, 5.41) is 12.3. The van der Waals surface area contributed by atoms with Crippen molar-refractivity contribution in [2.75, 3.05) is 10.0 Å². The van der Waals surface area contributed by atoms with E-state index < -0.39 is 28.4 Å². The number of phenolic OH excluding ortho intramolecular Hbond substituents is 1. The standard InChI is InChI=1S/C24H25F2N3O3S/c1-4-14-5-8-19(18(26)10-14)27-23-20(9-13(2)24(31)29(23)3)28-33(32)22-12-16(22)15-6-7-17(25)21(30)11-15/h5-11,16,22,27-28,30H,4,12H2,1-3H3. The number of hydrogen-bond donors (Lipinski definition) is 3. The van der Waals surface area contributed by atoms with Crippen LogP contribution in [-0.4, -0.2) is 19.1 Å². The summed E-state index contributed by atoms with van der Waals surface area (Å²) in [6, 6.07) is 10.5. The summed E-state index contributed by atoms with van der Waals surface area (Å²) in [6.07, 6.45) is 1.30. The summed E-state index contributed by atoms with van der Waals surface area (Å²) < 4.78 is 45.3. The zero-order valence-corrected chi connectivity index (χ0v) is 19.3. The van der Waals surface area contributed by atoms with E-state index in [1.807, 2.05) is 6.92 Å². The van der Waals surface area contributed by atoms with Gasteiger partial charge in [0.2, 0.25) is 0 Å². The molecular weight excluding hydrogens is 448 g/mol. The second kappa shape index (κ2) is 8.97. The number of anilines is 3. The number of aromatic nitrogens is 1. The molecule has 1 saturated carbocycles. The van der Waals surface area contributed by atoms with Crippen LogP contribution >= 0.6 is 0 Å². The number of aryl methyl sites for hydroxylation is 2. The maximum Gasteiger partial charge on any atom is 0.254 e. The lowest BCUT2D eigenvalue weighted by atomic mass is 10.1. The van der Waals surface area contributed by atoms with Gasteiger partial charge in [0.25, 0.3) is 5.56 Å². The predicted molar refractivity (Wildman–Crippen MR) is 126 cm³/mol. The summed E-state index contributed by atoms with van der Waals surface area (Å²) in [5.74, 6) is -1.39. The Morgan fingerprint density at radius 1 is 1.12 bits per heavy atom. The summed E-state index contributed by atoms with van der Waals surface area (Å²) in [7, 11) is 0.0303. The van der Waals surface area contributed by atoms with E-state index in [1.165, 1.54) is 22.8 Å². The normalized spacial score (nSPS) is 18.1. The Bertz CT molecular complexity index is 1310. The SMILES string of the molecule is CCc1ccc(Nc2c(NS(=O)C3CC3c3ccc(F)c(O)c3)cc(C)c(=O)n2C)c(F)c1. The first-order valence-electron chi connectivity index (χ1n) is 10.6. The zero-order chi connectivity index (χ0) is 23.9. The highest BCUT2D eigenvalue weighted by Gasteiger charge is 2.44. The molecule has 1 heterocycles. The van der Waals surface area contributed by atoms with E-state index in [1.54, 1.807) is 38.2 Å². The molecule has 0 spiro atoms. The number of rotatable bonds is 7. The van der Waals surface area contributed by atoms with Gasteiger partial charge in [0, 0.05) is 18.5 Å². The fourth-order valence-electron chi connectivity index (χ4n) is 3.83. The lowest BCUT2D eigenvalue weighted by Crippen LogP contribution is -2.24. The van der Waals surface area contributed by atoms with Crippen LogP contribution in [0.1, 0.15) is 36.0 Å². The first kappa shape index (κ1) is 23.0. The van der Waals surface area contributed by atoms with Crippen LogP contribution in [-0.2, 0) is 24.5 Å². The molecule has 0 aliphatic heterocycles. The summed E-state index contributed by atoms with van der Waals surface area (Å²) >= 11 is 0. The zero-order valence-electron chi connectivity index (χ0n) is 18.5. The first-order chi connectivity index (χ1) is 15.7. The minimum Gasteiger partial charge on any atom is -0.505 e. The average molecular weight is 474 g/mol. The number of pyridine rings is 1.